The number of thioether (sulfide) groups is 1. The van der Waals surface area contributed by atoms with Gasteiger partial charge >= 0.3 is 6.18 Å². The Balaban J connectivity index is 1.68. The summed E-state index contributed by atoms with van der Waals surface area (Å²) in [5, 5.41) is -2.06. The number of piperidine rings is 1. The van der Waals surface area contributed by atoms with Crippen LogP contribution in [0.15, 0.2) is 101 Å². The monoisotopic (exact) mass is 771 g/mol. The van der Waals surface area contributed by atoms with Gasteiger partial charge in [0.1, 0.15) is 6.54 Å². The number of benzene rings is 4. The van der Waals surface area contributed by atoms with Crippen LogP contribution in [0.25, 0.3) is 22.0 Å². The van der Waals surface area contributed by atoms with E-state index in [4.69, 9.17) is 20.6 Å². The van der Waals surface area contributed by atoms with Gasteiger partial charge in [-0.2, -0.15) is 13.2 Å². The second-order valence-corrected chi connectivity index (χ2v) is 11.8. The van der Waals surface area contributed by atoms with Crippen LogP contribution < -0.4 is 5.43 Å². The summed E-state index contributed by atoms with van der Waals surface area (Å²) in [6, 6.07) is 0.579. The van der Waals surface area contributed by atoms with Gasteiger partial charge < -0.3 is 19.1 Å². The third kappa shape index (κ3) is 9.17. The van der Waals surface area contributed by atoms with Crippen LogP contribution in [0.1, 0.15) is 65.2 Å². The zero-order chi connectivity index (χ0) is 57.2. The van der Waals surface area contributed by atoms with Crippen molar-refractivity contribution in [2.24, 2.45) is 0 Å². The highest BCUT2D eigenvalue weighted by molar-refractivity contribution is 7.98. The maximum absolute atomic E-state index is 15.6. The van der Waals surface area contributed by atoms with Gasteiger partial charge in [-0.3, -0.25) is 9.59 Å². The van der Waals surface area contributed by atoms with Gasteiger partial charge in [-0.1, -0.05) is 60.1 Å². The molecule has 1 aliphatic heterocycles. The van der Waals surface area contributed by atoms with Crippen LogP contribution in [0, 0.1) is 18.6 Å². The SMILES string of the molecule is [2H]c1c(C)c([2H])c2c(=O)c([2H])c(SC([2H])([2H])c3cccc(F)c3F)n(CC(=O)N(C([2H])([2H])c3ccc(-c4ccc(C(F)(F)F)cc4)cc3)C3([2H])C([2H])([2H])C([2H])([2H])N(CC([2H])([2H])OC([2H])([2H])[2H])C([2H])([2H])C3([2H])[2H])c2c1[2H]. The molecule has 0 atom stereocenters. The molecule has 0 N–H and O–H groups in total. The number of pyridine rings is 1. The van der Waals surface area contributed by atoms with E-state index >= 15 is 9.18 Å². The van der Waals surface area contributed by atoms with Crippen LogP contribution >= 0.6 is 11.8 Å². The first kappa shape index (κ1) is 19.2. The van der Waals surface area contributed by atoms with E-state index in [0.29, 0.717) is 22.8 Å². The molecule has 0 unspecified atom stereocenters. The predicted molar refractivity (Wildman–Crippen MR) is 198 cm³/mol. The molecule has 12 heteroatoms. The van der Waals surface area contributed by atoms with Crippen molar-refractivity contribution in [2.45, 2.75) is 55.6 Å². The molecule has 0 spiro atoms. The van der Waals surface area contributed by atoms with Gasteiger partial charge in [0.25, 0.3) is 0 Å². The molecule has 1 aliphatic rings. The second-order valence-electron chi connectivity index (χ2n) is 11.0. The Kier molecular flexibility index (Phi) is 6.03. The number of halogens is 5. The molecule has 5 aromatic rings. The fraction of sp³-hybridized carbons (Fsp3) is 0.317. The number of hydrogen-bond acceptors (Lipinski definition) is 5. The van der Waals surface area contributed by atoms with E-state index in [-0.39, 0.29) is 28.5 Å². The molecule has 278 valence electrons. The van der Waals surface area contributed by atoms with E-state index < -0.39 is 166 Å². The third-order valence-corrected chi connectivity index (χ3v) is 8.28. The minimum absolute atomic E-state index is 0.0472. The number of methoxy groups -OCH3 is 1. The molecule has 0 radical (unpaired) electrons. The quantitative estimate of drug-likeness (QED) is 0.0939. The number of ether oxygens (including phenoxy) is 1. The summed E-state index contributed by atoms with van der Waals surface area (Å²) in [5.41, 5.74) is -9.03. The smallest absolute Gasteiger partial charge is 0.383 e. The number of aromatic nitrogens is 1. The molecule has 1 amide bonds. The maximum atomic E-state index is 15.6. The molecule has 53 heavy (non-hydrogen) atoms. The van der Waals surface area contributed by atoms with Crippen molar-refractivity contribution >= 4 is 28.6 Å². The Morgan fingerprint density at radius 3 is 2.43 bits per heavy atom. The summed E-state index contributed by atoms with van der Waals surface area (Å²) in [6.07, 6.45) is -13.9. The second kappa shape index (κ2) is 16.7. The summed E-state index contributed by atoms with van der Waals surface area (Å²) < 4.78 is 268. The largest absolute Gasteiger partial charge is 0.416 e. The minimum atomic E-state index is -4.75. The van der Waals surface area contributed by atoms with Gasteiger partial charge in [-0.15, -0.1) is 11.8 Å². The fourth-order valence-electron chi connectivity index (χ4n) is 4.86. The lowest BCUT2D eigenvalue weighted by Gasteiger charge is -2.39. The molecule has 0 bridgehead atoms. The molecule has 1 saturated heterocycles. The van der Waals surface area contributed by atoms with E-state index in [2.05, 4.69) is 4.74 Å². The average Bonchev–Trinajstić information content (AvgIpc) is 3.28. The minimum Gasteiger partial charge on any atom is -0.383 e. The van der Waals surface area contributed by atoms with Gasteiger partial charge in [0.05, 0.1) is 39.1 Å². The first-order valence-corrected chi connectivity index (χ1v) is 16.0. The number of hydrogen-bond donors (Lipinski definition) is 0. The van der Waals surface area contributed by atoms with Crippen molar-refractivity contribution in [3.63, 3.8) is 0 Å². The van der Waals surface area contributed by atoms with Gasteiger partial charge in [0.15, 0.2) is 17.1 Å². The van der Waals surface area contributed by atoms with Gasteiger partial charge in [-0.05, 0) is 66.6 Å². The highest BCUT2D eigenvalue weighted by Gasteiger charge is 2.31. The van der Waals surface area contributed by atoms with E-state index in [1.54, 1.807) is 0 Å². The van der Waals surface area contributed by atoms with Crippen LogP contribution in [0.4, 0.5) is 22.0 Å². The van der Waals surface area contributed by atoms with Crippen molar-refractivity contribution in [3.05, 3.63) is 135 Å². The van der Waals surface area contributed by atoms with E-state index in [1.807, 2.05) is 0 Å². The van der Waals surface area contributed by atoms with E-state index in [1.165, 1.54) is 0 Å². The number of amides is 1. The Bertz CT molecular complexity index is 3110. The van der Waals surface area contributed by atoms with Gasteiger partial charge in [-0.25, -0.2) is 8.78 Å². The number of carbonyl (C=O) groups excluding carboxylic acids is 1. The zero-order valence-electron chi connectivity index (χ0n) is 49.1. The Morgan fingerprint density at radius 1 is 1.06 bits per heavy atom. The number of alkyl halides is 3. The summed E-state index contributed by atoms with van der Waals surface area (Å²) >= 11 is -0.309. The van der Waals surface area contributed by atoms with Crippen molar-refractivity contribution in [1.82, 2.24) is 14.4 Å². The fourth-order valence-corrected chi connectivity index (χ4v) is 5.63. The Labute approximate surface area is 340 Å². The van der Waals surface area contributed by atoms with Crippen molar-refractivity contribution < 1.29 is 61.6 Å². The highest BCUT2D eigenvalue weighted by atomic mass is 32.2. The Hall–Kier alpha value is -4.52. The maximum Gasteiger partial charge on any atom is 0.416 e. The van der Waals surface area contributed by atoms with E-state index in [9.17, 15) is 32.0 Å². The summed E-state index contributed by atoms with van der Waals surface area (Å²) in [4.78, 5) is 28.5. The molecule has 4 aromatic carbocycles. The topological polar surface area (TPSA) is 54.8 Å². The van der Waals surface area contributed by atoms with Crippen LogP contribution in [0.2, 0.25) is 0 Å². The molecule has 2 heterocycles. The lowest BCUT2D eigenvalue weighted by Crippen LogP contribution is -2.48. The van der Waals surface area contributed by atoms with E-state index in [0.717, 1.165) is 55.5 Å². The van der Waals surface area contributed by atoms with Gasteiger partial charge in [0.2, 0.25) is 5.91 Å². The average molecular weight is 772 g/mol. The number of carbonyl (C=O) groups is 1. The van der Waals surface area contributed by atoms with Crippen LogP contribution in [0.3, 0.4) is 0 Å². The molecule has 6 rings (SSSR count). The lowest BCUT2D eigenvalue weighted by molar-refractivity contribution is -0.137. The lowest BCUT2D eigenvalue weighted by atomic mass is 10.00. The number of nitrogens with zero attached hydrogens (tertiary/aromatic N) is 3. The van der Waals surface area contributed by atoms with Crippen LogP contribution in [-0.4, -0.2) is 59.4 Å². The summed E-state index contributed by atoms with van der Waals surface area (Å²) in [7, 11) is -3.64. The third-order valence-electron chi connectivity index (χ3n) is 7.44. The molecular weight excluding hydrogens is 710 g/mol. The molecule has 1 fully saturated rings. The zero-order valence-corrected chi connectivity index (χ0v) is 27.9. The number of likely N-dealkylation sites (tertiary alicyclic amines) is 1. The molecular formula is C41H40F5N3O3S. The van der Waals surface area contributed by atoms with Crippen molar-refractivity contribution in [3.8, 4) is 11.1 Å². The van der Waals surface area contributed by atoms with Gasteiger partial charge in [0, 0.05) is 75.5 Å². The van der Waals surface area contributed by atoms with Crippen molar-refractivity contribution in [2.75, 3.05) is 33.1 Å². The first-order chi connectivity index (χ1) is 33.8. The summed E-state index contributed by atoms with van der Waals surface area (Å²) in [5.74, 6) is -5.54. The first-order valence-electron chi connectivity index (χ1n) is 26.2. The molecule has 0 aliphatic carbocycles. The number of rotatable bonds is 12. The molecule has 0 saturated carbocycles. The van der Waals surface area contributed by atoms with Crippen LogP contribution in [0.5, 0.6) is 0 Å². The Morgan fingerprint density at radius 2 is 1.75 bits per heavy atom. The van der Waals surface area contributed by atoms with Crippen LogP contribution in [-0.2, 0) is 34.5 Å². The number of fused-ring (bicyclic) bond motifs is 1. The molecule has 1 aromatic heterocycles. The highest BCUT2D eigenvalue weighted by Crippen LogP contribution is 2.32. The predicted octanol–water partition coefficient (Wildman–Crippen LogP) is 8.71. The normalized spacial score (nSPS) is 25.7. The van der Waals surface area contributed by atoms with Crippen molar-refractivity contribution in [1.29, 1.82) is 0 Å². The molecule has 6 nitrogen and oxygen atoms in total. The summed E-state index contributed by atoms with van der Waals surface area (Å²) in [6.45, 7) is -19.1. The standard InChI is InChI=1S/C41H40F5N3O3S/c1-27-6-15-36-34(22-27)37(50)23-39(53-26-31-4-3-5-35(42)40(31)43)49(36)25-38(51)48(33-16-18-47(19-17-33)20-21-52-2)24-28-7-9-29(10-8-28)30-11-13-32(14-12-30)41(44,45)46/h3-15,22-23,33H,16-21,24-26H2,1-2H3/i2D3,6D,15D,16D2,17D2,18D2,19D2,21D2,22D,23D,24D2,26D2,33D.